The molecule has 3 nitrogen and oxygen atoms in total. The summed E-state index contributed by atoms with van der Waals surface area (Å²) in [5, 5.41) is 1.16. The fourth-order valence-corrected chi connectivity index (χ4v) is 3.52. The second-order valence-corrected chi connectivity index (χ2v) is 6.60. The predicted octanol–water partition coefficient (Wildman–Crippen LogP) is 6.17. The number of oxazole rings is 1. The van der Waals surface area contributed by atoms with Gasteiger partial charge in [-0.05, 0) is 18.2 Å². The highest BCUT2D eigenvalue weighted by molar-refractivity contribution is 5.98. The van der Waals surface area contributed by atoms with E-state index in [1.165, 1.54) is 5.52 Å². The lowest BCUT2D eigenvalue weighted by molar-refractivity contribution is 0.589. The van der Waals surface area contributed by atoms with Gasteiger partial charge in [-0.15, -0.1) is 0 Å². The van der Waals surface area contributed by atoms with Crippen LogP contribution in [0, 0.1) is 0 Å². The van der Waals surface area contributed by atoms with Gasteiger partial charge in [-0.3, -0.25) is 0 Å². The molecular formula is C24H18N2O. The Morgan fingerprint density at radius 1 is 0.741 bits per heavy atom. The van der Waals surface area contributed by atoms with E-state index in [-0.39, 0.29) is 0 Å². The lowest BCUT2D eigenvalue weighted by Gasteiger charge is -2.00. The van der Waals surface area contributed by atoms with Crippen LogP contribution in [0.3, 0.4) is 0 Å². The summed E-state index contributed by atoms with van der Waals surface area (Å²) in [7, 11) is 2.06. The fraction of sp³-hybridized carbons (Fsp3) is 0.0417. The fourth-order valence-electron chi connectivity index (χ4n) is 3.52. The molecule has 5 rings (SSSR count). The van der Waals surface area contributed by atoms with Gasteiger partial charge in [-0.1, -0.05) is 66.7 Å². The van der Waals surface area contributed by atoms with E-state index < -0.39 is 0 Å². The maximum atomic E-state index is 6.34. The highest BCUT2D eigenvalue weighted by Crippen LogP contribution is 2.39. The van der Waals surface area contributed by atoms with Crippen LogP contribution >= 0.6 is 0 Å². The molecule has 27 heavy (non-hydrogen) atoms. The SMILES string of the molecule is Cn1cc(-c2oc(-c3ccccc3)nc2-c2ccccc2)c2ccccc21. The van der Waals surface area contributed by atoms with Crippen LogP contribution < -0.4 is 0 Å². The molecule has 0 aliphatic rings. The number of benzene rings is 3. The molecule has 0 unspecified atom stereocenters. The van der Waals surface area contributed by atoms with Gasteiger partial charge in [0.05, 0.1) is 0 Å². The molecule has 2 heterocycles. The largest absolute Gasteiger partial charge is 0.435 e. The number of aromatic nitrogens is 2. The highest BCUT2D eigenvalue weighted by Gasteiger charge is 2.21. The van der Waals surface area contributed by atoms with Crippen molar-refractivity contribution in [3.63, 3.8) is 0 Å². The Labute approximate surface area is 157 Å². The van der Waals surface area contributed by atoms with Crippen LogP contribution in [0.1, 0.15) is 0 Å². The van der Waals surface area contributed by atoms with Crippen molar-refractivity contribution >= 4 is 10.9 Å². The number of rotatable bonds is 3. The van der Waals surface area contributed by atoms with Gasteiger partial charge in [0.15, 0.2) is 5.76 Å². The summed E-state index contributed by atoms with van der Waals surface area (Å²) in [6.07, 6.45) is 2.12. The van der Waals surface area contributed by atoms with Crippen LogP contribution in [-0.2, 0) is 7.05 Å². The number of para-hydroxylation sites is 1. The molecule has 0 aliphatic carbocycles. The number of hydrogen-bond donors (Lipinski definition) is 0. The molecule has 0 amide bonds. The molecule has 5 aromatic rings. The first-order valence-electron chi connectivity index (χ1n) is 8.97. The normalized spacial score (nSPS) is 11.1. The van der Waals surface area contributed by atoms with Crippen molar-refractivity contribution in [1.82, 2.24) is 9.55 Å². The summed E-state index contributed by atoms with van der Waals surface area (Å²) >= 11 is 0. The van der Waals surface area contributed by atoms with E-state index >= 15 is 0 Å². The van der Waals surface area contributed by atoms with E-state index in [9.17, 15) is 0 Å². The highest BCUT2D eigenvalue weighted by atomic mass is 16.4. The molecule has 0 aliphatic heterocycles. The third-order valence-corrected chi connectivity index (χ3v) is 4.84. The number of aryl methyl sites for hydroxylation is 1. The zero-order chi connectivity index (χ0) is 18.2. The predicted molar refractivity (Wildman–Crippen MR) is 109 cm³/mol. The molecule has 3 heteroatoms. The van der Waals surface area contributed by atoms with Crippen molar-refractivity contribution in [1.29, 1.82) is 0 Å². The summed E-state index contributed by atoms with van der Waals surface area (Å²) in [6, 6.07) is 28.6. The van der Waals surface area contributed by atoms with Crippen molar-refractivity contribution in [2.24, 2.45) is 7.05 Å². The molecule has 0 radical (unpaired) electrons. The second-order valence-electron chi connectivity index (χ2n) is 6.60. The monoisotopic (exact) mass is 350 g/mol. The van der Waals surface area contributed by atoms with E-state index in [1.807, 2.05) is 48.5 Å². The minimum absolute atomic E-state index is 0.636. The summed E-state index contributed by atoms with van der Waals surface area (Å²) in [4.78, 5) is 4.87. The molecule has 0 spiro atoms. The van der Waals surface area contributed by atoms with Gasteiger partial charge in [-0.25, -0.2) is 4.98 Å². The van der Waals surface area contributed by atoms with Crippen LogP contribution in [0.15, 0.2) is 95.5 Å². The Bertz CT molecular complexity index is 1220. The Morgan fingerprint density at radius 3 is 2.11 bits per heavy atom. The van der Waals surface area contributed by atoms with Crippen molar-refractivity contribution in [2.75, 3.05) is 0 Å². The Balaban J connectivity index is 1.79. The molecule has 2 aromatic heterocycles. The Morgan fingerprint density at radius 2 is 1.37 bits per heavy atom. The quantitative estimate of drug-likeness (QED) is 0.390. The third kappa shape index (κ3) is 2.64. The first-order chi connectivity index (χ1) is 13.3. The average molecular weight is 350 g/mol. The van der Waals surface area contributed by atoms with E-state index in [0.29, 0.717) is 5.89 Å². The van der Waals surface area contributed by atoms with Gasteiger partial charge in [0, 0.05) is 40.8 Å². The summed E-state index contributed by atoms with van der Waals surface area (Å²) in [6.45, 7) is 0. The standard InChI is InChI=1S/C24H18N2O/c1-26-16-20(19-14-8-9-15-21(19)26)23-22(17-10-4-2-5-11-17)25-24(27-23)18-12-6-3-7-13-18/h2-16H,1H3. The minimum atomic E-state index is 0.636. The van der Waals surface area contributed by atoms with Gasteiger partial charge in [0.2, 0.25) is 5.89 Å². The van der Waals surface area contributed by atoms with E-state index in [0.717, 1.165) is 33.5 Å². The van der Waals surface area contributed by atoms with Crippen LogP contribution in [-0.4, -0.2) is 9.55 Å². The van der Waals surface area contributed by atoms with Crippen molar-refractivity contribution in [3.8, 4) is 34.0 Å². The van der Waals surface area contributed by atoms with Crippen LogP contribution in [0.2, 0.25) is 0 Å². The summed E-state index contributed by atoms with van der Waals surface area (Å²) < 4.78 is 8.47. The summed E-state index contributed by atoms with van der Waals surface area (Å²) in [5.41, 5.74) is 5.11. The van der Waals surface area contributed by atoms with E-state index in [1.54, 1.807) is 0 Å². The molecule has 0 N–H and O–H groups in total. The van der Waals surface area contributed by atoms with Crippen molar-refractivity contribution < 1.29 is 4.42 Å². The van der Waals surface area contributed by atoms with Crippen molar-refractivity contribution in [2.45, 2.75) is 0 Å². The number of hydrogen-bond acceptors (Lipinski definition) is 2. The van der Waals surface area contributed by atoms with E-state index in [2.05, 4.69) is 54.2 Å². The molecule has 0 saturated carbocycles. The molecule has 3 aromatic carbocycles. The van der Waals surface area contributed by atoms with Gasteiger partial charge in [-0.2, -0.15) is 0 Å². The Kier molecular flexibility index (Phi) is 3.65. The topological polar surface area (TPSA) is 31.0 Å². The number of fused-ring (bicyclic) bond motifs is 1. The third-order valence-electron chi connectivity index (χ3n) is 4.84. The first kappa shape index (κ1) is 15.6. The molecule has 0 fully saturated rings. The van der Waals surface area contributed by atoms with Gasteiger partial charge >= 0.3 is 0 Å². The molecule has 0 saturated heterocycles. The van der Waals surface area contributed by atoms with Gasteiger partial charge in [0.1, 0.15) is 5.69 Å². The zero-order valence-corrected chi connectivity index (χ0v) is 15.0. The molecule has 0 bridgehead atoms. The zero-order valence-electron chi connectivity index (χ0n) is 15.0. The second kappa shape index (κ2) is 6.29. The van der Waals surface area contributed by atoms with Crippen molar-refractivity contribution in [3.05, 3.63) is 91.1 Å². The maximum Gasteiger partial charge on any atom is 0.227 e. The van der Waals surface area contributed by atoms with Crippen LogP contribution in [0.5, 0.6) is 0 Å². The first-order valence-corrected chi connectivity index (χ1v) is 8.97. The van der Waals surface area contributed by atoms with Crippen LogP contribution in [0.4, 0.5) is 0 Å². The number of nitrogens with zero attached hydrogens (tertiary/aromatic N) is 2. The molecule has 0 atom stereocenters. The molecular weight excluding hydrogens is 332 g/mol. The lowest BCUT2D eigenvalue weighted by atomic mass is 10.1. The van der Waals surface area contributed by atoms with Gasteiger partial charge < -0.3 is 8.98 Å². The van der Waals surface area contributed by atoms with Gasteiger partial charge in [0.25, 0.3) is 0 Å². The van der Waals surface area contributed by atoms with Crippen LogP contribution in [0.25, 0.3) is 44.9 Å². The smallest absolute Gasteiger partial charge is 0.227 e. The average Bonchev–Trinajstić information content (AvgIpc) is 3.31. The maximum absolute atomic E-state index is 6.34. The minimum Gasteiger partial charge on any atom is -0.435 e. The Hall–Kier alpha value is -3.59. The summed E-state index contributed by atoms with van der Waals surface area (Å²) in [5.74, 6) is 1.44. The molecule has 130 valence electrons. The van der Waals surface area contributed by atoms with E-state index in [4.69, 9.17) is 9.40 Å². The lowest BCUT2D eigenvalue weighted by Crippen LogP contribution is -1.82.